The van der Waals surface area contributed by atoms with Crippen LogP contribution in [0.3, 0.4) is 0 Å². The monoisotopic (exact) mass is 494 g/mol. The average molecular weight is 495 g/mol. The summed E-state index contributed by atoms with van der Waals surface area (Å²) in [5.74, 6) is -1.71. The number of rotatable bonds is 10. The normalized spacial score (nSPS) is 17.9. The van der Waals surface area contributed by atoms with E-state index < -0.39 is 11.6 Å². The smallest absolute Gasteiger partial charge is 0.166 e. The molecule has 0 amide bonds. The predicted octanol–water partition coefficient (Wildman–Crippen LogP) is 9.62. The van der Waals surface area contributed by atoms with Crippen molar-refractivity contribution in [1.82, 2.24) is 0 Å². The lowest BCUT2D eigenvalue weighted by molar-refractivity contribution is -0.00267. The number of aryl methyl sites for hydroxylation is 1. The lowest BCUT2D eigenvalue weighted by Crippen LogP contribution is -2.25. The Morgan fingerprint density at radius 2 is 1.47 bits per heavy atom. The first-order valence-corrected chi connectivity index (χ1v) is 13.5. The quantitative estimate of drug-likeness (QED) is 0.255. The molecule has 192 valence electrons. The van der Waals surface area contributed by atoms with Crippen LogP contribution >= 0.6 is 0 Å². The molecular weight excluding hydrogens is 457 g/mol. The SMILES string of the molecule is CCCCCC1CCC(c2ccc(-c3ccc(-c4ccc(CCCC)c(F)c4F)cc3)cc2F)CO1. The Balaban J connectivity index is 1.43. The molecule has 0 spiro atoms. The summed E-state index contributed by atoms with van der Waals surface area (Å²) in [6.45, 7) is 4.80. The minimum atomic E-state index is -0.811. The van der Waals surface area contributed by atoms with Crippen molar-refractivity contribution in [3.05, 3.63) is 83.2 Å². The summed E-state index contributed by atoms with van der Waals surface area (Å²) >= 11 is 0. The van der Waals surface area contributed by atoms with Gasteiger partial charge in [0, 0.05) is 11.5 Å². The highest BCUT2D eigenvalue weighted by Crippen LogP contribution is 2.34. The summed E-state index contributed by atoms with van der Waals surface area (Å²) in [5, 5.41) is 0. The fourth-order valence-corrected chi connectivity index (χ4v) is 5.15. The van der Waals surface area contributed by atoms with E-state index in [0.29, 0.717) is 35.8 Å². The van der Waals surface area contributed by atoms with E-state index in [2.05, 4.69) is 6.92 Å². The van der Waals surface area contributed by atoms with Crippen molar-refractivity contribution in [2.75, 3.05) is 6.61 Å². The van der Waals surface area contributed by atoms with Crippen LogP contribution in [0.4, 0.5) is 13.2 Å². The van der Waals surface area contributed by atoms with Crippen LogP contribution in [0.2, 0.25) is 0 Å². The van der Waals surface area contributed by atoms with Gasteiger partial charge in [0.05, 0.1) is 12.7 Å². The van der Waals surface area contributed by atoms with Gasteiger partial charge in [-0.15, -0.1) is 0 Å². The Labute approximate surface area is 213 Å². The van der Waals surface area contributed by atoms with Gasteiger partial charge in [-0.05, 0) is 66.0 Å². The van der Waals surface area contributed by atoms with E-state index in [0.717, 1.165) is 43.2 Å². The van der Waals surface area contributed by atoms with Gasteiger partial charge in [-0.25, -0.2) is 13.2 Å². The highest BCUT2D eigenvalue weighted by atomic mass is 19.2. The van der Waals surface area contributed by atoms with E-state index in [1.807, 2.05) is 31.2 Å². The minimum absolute atomic E-state index is 0.0852. The molecule has 2 atom stereocenters. The van der Waals surface area contributed by atoms with Gasteiger partial charge in [0.15, 0.2) is 11.6 Å². The van der Waals surface area contributed by atoms with Crippen LogP contribution < -0.4 is 0 Å². The molecule has 1 aliphatic rings. The Morgan fingerprint density at radius 3 is 2.14 bits per heavy atom. The second-order valence-corrected chi connectivity index (χ2v) is 10.0. The standard InChI is InChI=1S/C32H37F3O/c1-3-5-7-9-27-17-14-26(21-36-27)28-18-16-25(20-30(28)33)22-10-12-23(13-11-22)29-19-15-24(8-6-4-2)31(34)32(29)35/h10-13,15-16,18-20,26-27H,3-9,14,17,21H2,1-2H3. The molecule has 3 aromatic rings. The van der Waals surface area contributed by atoms with E-state index in [9.17, 15) is 8.78 Å². The third kappa shape index (κ3) is 6.21. The van der Waals surface area contributed by atoms with Crippen LogP contribution in [0.15, 0.2) is 54.6 Å². The number of benzene rings is 3. The molecule has 0 aromatic heterocycles. The zero-order valence-corrected chi connectivity index (χ0v) is 21.5. The zero-order valence-electron chi connectivity index (χ0n) is 21.5. The highest BCUT2D eigenvalue weighted by molar-refractivity contribution is 5.71. The molecule has 1 aliphatic heterocycles. The van der Waals surface area contributed by atoms with E-state index in [4.69, 9.17) is 4.74 Å². The van der Waals surface area contributed by atoms with Gasteiger partial charge in [-0.1, -0.05) is 88.1 Å². The average Bonchev–Trinajstić information content (AvgIpc) is 2.90. The largest absolute Gasteiger partial charge is 0.378 e. The van der Waals surface area contributed by atoms with Gasteiger partial charge in [-0.2, -0.15) is 0 Å². The van der Waals surface area contributed by atoms with Crippen LogP contribution in [0, 0.1) is 17.5 Å². The molecule has 4 heteroatoms. The van der Waals surface area contributed by atoms with Crippen LogP contribution in [0.5, 0.6) is 0 Å². The Hall–Kier alpha value is -2.59. The van der Waals surface area contributed by atoms with E-state index >= 15 is 4.39 Å². The molecule has 1 nitrogen and oxygen atoms in total. The first-order valence-electron chi connectivity index (χ1n) is 13.5. The predicted molar refractivity (Wildman–Crippen MR) is 142 cm³/mol. The van der Waals surface area contributed by atoms with Gasteiger partial charge >= 0.3 is 0 Å². The summed E-state index contributed by atoms with van der Waals surface area (Å²) in [5.41, 5.74) is 3.57. The van der Waals surface area contributed by atoms with Crippen molar-refractivity contribution >= 4 is 0 Å². The molecule has 0 radical (unpaired) electrons. The summed E-state index contributed by atoms with van der Waals surface area (Å²) in [4.78, 5) is 0. The molecule has 1 heterocycles. The summed E-state index contributed by atoms with van der Waals surface area (Å²) < 4.78 is 50.4. The van der Waals surface area contributed by atoms with Crippen LogP contribution in [0.25, 0.3) is 22.3 Å². The third-order valence-electron chi connectivity index (χ3n) is 7.43. The maximum atomic E-state index is 15.1. The van der Waals surface area contributed by atoms with Gasteiger partial charge in [0.25, 0.3) is 0 Å². The fourth-order valence-electron chi connectivity index (χ4n) is 5.15. The Kier molecular flexibility index (Phi) is 9.25. The number of ether oxygens (including phenoxy) is 1. The topological polar surface area (TPSA) is 9.23 Å². The van der Waals surface area contributed by atoms with Gasteiger partial charge in [0.2, 0.25) is 0 Å². The van der Waals surface area contributed by atoms with Crippen molar-refractivity contribution in [1.29, 1.82) is 0 Å². The third-order valence-corrected chi connectivity index (χ3v) is 7.43. The van der Waals surface area contributed by atoms with Gasteiger partial charge < -0.3 is 4.74 Å². The van der Waals surface area contributed by atoms with Crippen LogP contribution in [0.1, 0.15) is 82.3 Å². The lowest BCUT2D eigenvalue weighted by atomic mass is 9.88. The molecule has 1 saturated heterocycles. The first-order chi connectivity index (χ1) is 17.5. The molecule has 36 heavy (non-hydrogen) atoms. The second-order valence-electron chi connectivity index (χ2n) is 10.0. The van der Waals surface area contributed by atoms with Gasteiger partial charge in [0.1, 0.15) is 5.82 Å². The Morgan fingerprint density at radius 1 is 0.750 bits per heavy atom. The fraction of sp³-hybridized carbons (Fsp3) is 0.438. The number of unbranched alkanes of at least 4 members (excludes halogenated alkanes) is 3. The number of hydrogen-bond donors (Lipinski definition) is 0. The van der Waals surface area contributed by atoms with Crippen molar-refractivity contribution in [3.63, 3.8) is 0 Å². The lowest BCUT2D eigenvalue weighted by Gasteiger charge is -2.29. The molecule has 3 aromatic carbocycles. The maximum Gasteiger partial charge on any atom is 0.166 e. The van der Waals surface area contributed by atoms with E-state index in [1.165, 1.54) is 19.3 Å². The molecule has 2 unspecified atom stereocenters. The molecular formula is C32H37F3O. The maximum absolute atomic E-state index is 15.1. The molecule has 0 aliphatic carbocycles. The number of halogens is 3. The van der Waals surface area contributed by atoms with Crippen LogP contribution in [-0.4, -0.2) is 12.7 Å². The van der Waals surface area contributed by atoms with Crippen molar-refractivity contribution in [3.8, 4) is 22.3 Å². The number of hydrogen-bond acceptors (Lipinski definition) is 1. The molecule has 1 fully saturated rings. The van der Waals surface area contributed by atoms with Crippen LogP contribution in [-0.2, 0) is 11.2 Å². The van der Waals surface area contributed by atoms with Crippen molar-refractivity contribution < 1.29 is 17.9 Å². The summed E-state index contributed by atoms with van der Waals surface area (Å²) in [6.07, 6.45) is 9.25. The zero-order chi connectivity index (χ0) is 25.5. The molecule has 0 N–H and O–H groups in total. The molecule has 0 bridgehead atoms. The summed E-state index contributed by atoms with van der Waals surface area (Å²) in [6, 6.07) is 15.9. The Bertz CT molecular complexity index is 1130. The molecule has 0 saturated carbocycles. The molecule has 4 rings (SSSR count). The van der Waals surface area contributed by atoms with E-state index in [-0.39, 0.29) is 17.3 Å². The van der Waals surface area contributed by atoms with Crippen molar-refractivity contribution in [2.45, 2.75) is 83.7 Å². The minimum Gasteiger partial charge on any atom is -0.378 e. The van der Waals surface area contributed by atoms with Gasteiger partial charge in [-0.3, -0.25) is 0 Å². The highest BCUT2D eigenvalue weighted by Gasteiger charge is 2.25. The summed E-state index contributed by atoms with van der Waals surface area (Å²) in [7, 11) is 0. The second kappa shape index (κ2) is 12.6. The van der Waals surface area contributed by atoms with E-state index in [1.54, 1.807) is 30.3 Å². The van der Waals surface area contributed by atoms with Crippen molar-refractivity contribution in [2.24, 2.45) is 0 Å². The first kappa shape index (κ1) is 26.5.